The third kappa shape index (κ3) is 5.89. The Morgan fingerprint density at radius 2 is 2.10 bits per heavy atom. The lowest BCUT2D eigenvalue weighted by atomic mass is 10.1. The van der Waals surface area contributed by atoms with Crippen molar-refractivity contribution in [2.45, 2.75) is 18.9 Å². The van der Waals surface area contributed by atoms with Crippen molar-refractivity contribution in [1.29, 1.82) is 0 Å². The topological polar surface area (TPSA) is 105 Å². The molecular formula is C13H15FN2O5. The molecule has 0 bridgehead atoms. The highest BCUT2D eigenvalue weighted by molar-refractivity contribution is 5.92. The predicted molar refractivity (Wildman–Crippen MR) is 71.2 cm³/mol. The molecule has 0 aliphatic carbocycles. The SMILES string of the molecule is COC(=O)CC[C@H](NC(=O)Nc1cccc(F)c1)C(=O)O. The Labute approximate surface area is 120 Å². The number of carboxylic acid groups (broad SMARTS) is 1. The molecule has 1 atom stereocenters. The minimum atomic E-state index is -1.28. The molecule has 1 rings (SSSR count). The van der Waals surface area contributed by atoms with Gasteiger partial charge in [0.15, 0.2) is 0 Å². The van der Waals surface area contributed by atoms with Crippen LogP contribution >= 0.6 is 0 Å². The van der Waals surface area contributed by atoms with E-state index in [9.17, 15) is 18.8 Å². The lowest BCUT2D eigenvalue weighted by molar-refractivity contribution is -0.142. The monoisotopic (exact) mass is 298 g/mol. The van der Waals surface area contributed by atoms with E-state index < -0.39 is 29.8 Å². The minimum Gasteiger partial charge on any atom is -0.480 e. The molecule has 2 amide bonds. The molecule has 0 spiro atoms. The van der Waals surface area contributed by atoms with E-state index >= 15 is 0 Å². The van der Waals surface area contributed by atoms with Crippen LogP contribution in [0.3, 0.4) is 0 Å². The summed E-state index contributed by atoms with van der Waals surface area (Å²) in [6.45, 7) is 0. The van der Waals surface area contributed by atoms with Gasteiger partial charge >= 0.3 is 18.0 Å². The maximum Gasteiger partial charge on any atom is 0.326 e. The number of carbonyl (C=O) groups excluding carboxylic acids is 2. The van der Waals surface area contributed by atoms with E-state index in [1.165, 1.54) is 25.3 Å². The number of amides is 2. The fourth-order valence-electron chi connectivity index (χ4n) is 1.51. The number of ether oxygens (including phenoxy) is 1. The van der Waals surface area contributed by atoms with Gasteiger partial charge in [-0.05, 0) is 24.6 Å². The number of hydrogen-bond acceptors (Lipinski definition) is 4. The Balaban J connectivity index is 2.56. The summed E-state index contributed by atoms with van der Waals surface area (Å²) in [7, 11) is 1.18. The fraction of sp³-hybridized carbons (Fsp3) is 0.308. The van der Waals surface area contributed by atoms with Gasteiger partial charge in [-0.15, -0.1) is 0 Å². The smallest absolute Gasteiger partial charge is 0.326 e. The van der Waals surface area contributed by atoms with Gasteiger partial charge in [-0.2, -0.15) is 0 Å². The van der Waals surface area contributed by atoms with Crippen LogP contribution in [-0.4, -0.2) is 36.2 Å². The lowest BCUT2D eigenvalue weighted by Crippen LogP contribution is -2.43. The molecule has 8 heteroatoms. The van der Waals surface area contributed by atoms with Crippen LogP contribution in [0.4, 0.5) is 14.9 Å². The first-order chi connectivity index (χ1) is 9.92. The summed E-state index contributed by atoms with van der Waals surface area (Å²) in [5.41, 5.74) is 0.185. The number of benzene rings is 1. The first-order valence-electron chi connectivity index (χ1n) is 6.05. The van der Waals surface area contributed by atoms with Gasteiger partial charge in [-0.25, -0.2) is 14.0 Å². The molecule has 1 aromatic rings. The lowest BCUT2D eigenvalue weighted by Gasteiger charge is -2.14. The molecule has 0 saturated heterocycles. The van der Waals surface area contributed by atoms with Gasteiger partial charge in [0.1, 0.15) is 11.9 Å². The van der Waals surface area contributed by atoms with E-state index in [0.29, 0.717) is 0 Å². The Bertz CT molecular complexity index is 535. The van der Waals surface area contributed by atoms with E-state index in [1.54, 1.807) is 0 Å². The number of halogens is 1. The fourth-order valence-corrected chi connectivity index (χ4v) is 1.51. The minimum absolute atomic E-state index is 0.113. The second-order valence-corrected chi connectivity index (χ2v) is 4.11. The average molecular weight is 298 g/mol. The van der Waals surface area contributed by atoms with Gasteiger partial charge in [0.05, 0.1) is 7.11 Å². The Morgan fingerprint density at radius 1 is 1.38 bits per heavy atom. The largest absolute Gasteiger partial charge is 0.480 e. The maximum atomic E-state index is 12.9. The summed E-state index contributed by atoms with van der Waals surface area (Å²) in [5, 5.41) is 13.4. The second kappa shape index (κ2) is 7.83. The number of esters is 1. The number of urea groups is 1. The molecule has 0 heterocycles. The summed E-state index contributed by atoms with van der Waals surface area (Å²) in [6, 6.07) is 3.09. The van der Waals surface area contributed by atoms with Crippen LogP contribution < -0.4 is 10.6 Å². The molecule has 0 radical (unpaired) electrons. The van der Waals surface area contributed by atoms with Crippen molar-refractivity contribution in [1.82, 2.24) is 5.32 Å². The number of hydrogen-bond donors (Lipinski definition) is 3. The summed E-state index contributed by atoms with van der Waals surface area (Å²) >= 11 is 0. The Kier molecular flexibility index (Phi) is 6.12. The van der Waals surface area contributed by atoms with Gasteiger partial charge in [0, 0.05) is 12.1 Å². The van der Waals surface area contributed by atoms with Crippen LogP contribution in [0.1, 0.15) is 12.8 Å². The van der Waals surface area contributed by atoms with Crippen LogP contribution in [0.2, 0.25) is 0 Å². The van der Waals surface area contributed by atoms with Gasteiger partial charge < -0.3 is 20.5 Å². The van der Waals surface area contributed by atoms with E-state index in [1.807, 2.05) is 0 Å². The van der Waals surface area contributed by atoms with Crippen LogP contribution in [0.5, 0.6) is 0 Å². The molecule has 21 heavy (non-hydrogen) atoms. The quantitative estimate of drug-likeness (QED) is 0.688. The number of anilines is 1. The van der Waals surface area contributed by atoms with E-state index in [2.05, 4.69) is 15.4 Å². The van der Waals surface area contributed by atoms with E-state index in [0.717, 1.165) is 6.07 Å². The average Bonchev–Trinajstić information content (AvgIpc) is 2.42. The molecule has 0 aliphatic heterocycles. The first kappa shape index (κ1) is 16.4. The van der Waals surface area contributed by atoms with Crippen molar-refractivity contribution in [2.75, 3.05) is 12.4 Å². The van der Waals surface area contributed by atoms with Crippen molar-refractivity contribution in [3.05, 3.63) is 30.1 Å². The van der Waals surface area contributed by atoms with Gasteiger partial charge in [0.25, 0.3) is 0 Å². The molecule has 0 aromatic heterocycles. The maximum absolute atomic E-state index is 12.9. The second-order valence-electron chi connectivity index (χ2n) is 4.11. The van der Waals surface area contributed by atoms with Crippen molar-refractivity contribution in [3.63, 3.8) is 0 Å². The zero-order valence-corrected chi connectivity index (χ0v) is 11.3. The molecule has 114 valence electrons. The normalized spacial score (nSPS) is 11.3. The summed E-state index contributed by atoms with van der Waals surface area (Å²) in [4.78, 5) is 33.6. The number of carboxylic acids is 1. The Morgan fingerprint density at radius 3 is 2.67 bits per heavy atom. The highest BCUT2D eigenvalue weighted by Gasteiger charge is 2.21. The zero-order valence-electron chi connectivity index (χ0n) is 11.3. The number of rotatable bonds is 6. The third-order valence-corrected chi connectivity index (χ3v) is 2.55. The highest BCUT2D eigenvalue weighted by atomic mass is 19.1. The Hall–Kier alpha value is -2.64. The number of aliphatic carboxylic acids is 1. The van der Waals surface area contributed by atoms with Crippen LogP contribution in [-0.2, 0) is 14.3 Å². The van der Waals surface area contributed by atoms with Gasteiger partial charge in [-0.1, -0.05) is 6.07 Å². The molecule has 0 saturated carbocycles. The molecule has 1 aromatic carbocycles. The molecule has 0 fully saturated rings. The molecular weight excluding hydrogens is 283 g/mol. The van der Waals surface area contributed by atoms with Gasteiger partial charge in [-0.3, -0.25) is 4.79 Å². The third-order valence-electron chi connectivity index (χ3n) is 2.55. The number of methoxy groups -OCH3 is 1. The molecule has 0 aliphatic rings. The summed E-state index contributed by atoms with van der Waals surface area (Å²) < 4.78 is 17.3. The molecule has 3 N–H and O–H groups in total. The van der Waals surface area contributed by atoms with Crippen molar-refractivity contribution in [2.24, 2.45) is 0 Å². The van der Waals surface area contributed by atoms with E-state index in [-0.39, 0.29) is 18.5 Å². The highest BCUT2D eigenvalue weighted by Crippen LogP contribution is 2.09. The van der Waals surface area contributed by atoms with E-state index in [4.69, 9.17) is 5.11 Å². The van der Waals surface area contributed by atoms with Crippen LogP contribution in [0.25, 0.3) is 0 Å². The molecule has 7 nitrogen and oxygen atoms in total. The predicted octanol–water partition coefficient (Wildman–Crippen LogP) is 1.35. The van der Waals surface area contributed by atoms with Crippen molar-refractivity contribution >= 4 is 23.7 Å². The van der Waals surface area contributed by atoms with Crippen molar-refractivity contribution in [3.8, 4) is 0 Å². The number of carbonyl (C=O) groups is 3. The standard InChI is InChI=1S/C13H15FN2O5/c1-21-11(17)6-5-10(12(18)19)16-13(20)15-9-4-2-3-8(14)7-9/h2-4,7,10H,5-6H2,1H3,(H,18,19)(H2,15,16,20)/t10-/m0/s1. The summed E-state index contributed by atoms with van der Waals surface area (Å²) in [6.07, 6.45) is -0.258. The zero-order chi connectivity index (χ0) is 15.8. The summed E-state index contributed by atoms with van der Waals surface area (Å²) in [5.74, 6) is -2.39. The van der Waals surface area contributed by atoms with Gasteiger partial charge in [0.2, 0.25) is 0 Å². The number of nitrogens with one attached hydrogen (secondary N) is 2. The molecule has 0 unspecified atom stereocenters. The van der Waals surface area contributed by atoms with Crippen LogP contribution in [0.15, 0.2) is 24.3 Å². The first-order valence-corrected chi connectivity index (χ1v) is 6.05. The van der Waals surface area contributed by atoms with Crippen LogP contribution in [0, 0.1) is 5.82 Å². The van der Waals surface area contributed by atoms with Crippen molar-refractivity contribution < 1.29 is 28.6 Å².